The molecule has 0 bridgehead atoms. The van der Waals surface area contributed by atoms with E-state index in [4.69, 9.17) is 11.6 Å². The van der Waals surface area contributed by atoms with Crippen molar-refractivity contribution >= 4 is 29.2 Å². The number of hydrogen-bond acceptors (Lipinski definition) is 3. The zero-order valence-corrected chi connectivity index (χ0v) is 15.8. The second kappa shape index (κ2) is 7.60. The van der Waals surface area contributed by atoms with Gasteiger partial charge in [-0.3, -0.25) is 9.48 Å². The number of piperazine rings is 1. The number of carbonyl (C=O) groups excluding carboxylic acids is 2. The smallest absolute Gasteiger partial charge is 0.321 e. The molecule has 0 saturated carbocycles. The quantitative estimate of drug-likeness (QED) is 0.861. The summed E-state index contributed by atoms with van der Waals surface area (Å²) in [6, 6.07) is 6.89. The van der Waals surface area contributed by atoms with Gasteiger partial charge in [-0.2, -0.15) is 5.10 Å². The van der Waals surface area contributed by atoms with Crippen molar-refractivity contribution in [1.82, 2.24) is 19.6 Å². The van der Waals surface area contributed by atoms with E-state index in [1.807, 2.05) is 9.58 Å². The Bertz CT molecular complexity index is 858. The number of hydrogen-bond donors (Lipinski definition) is 1. The molecule has 0 spiro atoms. The first-order valence-corrected chi connectivity index (χ1v) is 9.65. The Morgan fingerprint density at radius 2 is 1.81 bits per heavy atom. The van der Waals surface area contributed by atoms with Gasteiger partial charge in [0.05, 0.1) is 17.5 Å². The number of urea groups is 1. The number of nitrogens with zero attached hydrogens (tertiary/aromatic N) is 4. The van der Waals surface area contributed by atoms with Crippen LogP contribution in [0.4, 0.5) is 10.5 Å². The minimum atomic E-state index is -0.174. The van der Waals surface area contributed by atoms with Crippen LogP contribution in [0.5, 0.6) is 0 Å². The predicted molar refractivity (Wildman–Crippen MR) is 103 cm³/mol. The summed E-state index contributed by atoms with van der Waals surface area (Å²) < 4.78 is 1.95. The summed E-state index contributed by atoms with van der Waals surface area (Å²) in [5, 5.41) is 7.78. The van der Waals surface area contributed by atoms with Crippen molar-refractivity contribution in [3.8, 4) is 0 Å². The van der Waals surface area contributed by atoms with E-state index >= 15 is 0 Å². The molecule has 3 heterocycles. The summed E-state index contributed by atoms with van der Waals surface area (Å²) in [6.07, 6.45) is 4.82. The zero-order valence-electron chi connectivity index (χ0n) is 15.0. The molecule has 27 heavy (non-hydrogen) atoms. The molecule has 2 aliphatic rings. The van der Waals surface area contributed by atoms with Crippen molar-refractivity contribution in [3.63, 3.8) is 0 Å². The summed E-state index contributed by atoms with van der Waals surface area (Å²) in [6.45, 7) is 2.93. The molecule has 1 fully saturated rings. The van der Waals surface area contributed by atoms with Gasteiger partial charge in [-0.15, -0.1) is 0 Å². The Hall–Kier alpha value is -2.54. The molecule has 7 nitrogen and oxygen atoms in total. The van der Waals surface area contributed by atoms with Gasteiger partial charge in [0.1, 0.15) is 0 Å². The van der Waals surface area contributed by atoms with Gasteiger partial charge in [0.15, 0.2) is 0 Å². The minimum Gasteiger partial charge on any atom is -0.335 e. The molecular formula is C19H22ClN5O2. The van der Waals surface area contributed by atoms with Gasteiger partial charge >= 0.3 is 6.03 Å². The number of fused-ring (bicyclic) bond motifs is 1. The van der Waals surface area contributed by atoms with Crippen LogP contribution in [0.2, 0.25) is 5.02 Å². The highest BCUT2D eigenvalue weighted by atomic mass is 35.5. The molecule has 1 N–H and O–H groups in total. The highest BCUT2D eigenvalue weighted by Gasteiger charge is 2.28. The highest BCUT2D eigenvalue weighted by Crippen LogP contribution is 2.20. The molecular weight excluding hydrogens is 366 g/mol. The lowest BCUT2D eigenvalue weighted by molar-refractivity contribution is 0.0670. The number of aromatic nitrogens is 2. The van der Waals surface area contributed by atoms with Crippen molar-refractivity contribution in [2.24, 2.45) is 0 Å². The molecule has 0 unspecified atom stereocenters. The van der Waals surface area contributed by atoms with Crippen molar-refractivity contribution in [2.45, 2.75) is 25.8 Å². The third kappa shape index (κ3) is 3.78. The van der Waals surface area contributed by atoms with E-state index in [2.05, 4.69) is 10.4 Å². The Morgan fingerprint density at radius 3 is 2.59 bits per heavy atom. The fourth-order valence-electron chi connectivity index (χ4n) is 3.65. The van der Waals surface area contributed by atoms with E-state index in [0.29, 0.717) is 42.5 Å². The molecule has 1 aromatic heterocycles. The average molecular weight is 388 g/mol. The number of benzene rings is 1. The van der Waals surface area contributed by atoms with Crippen molar-refractivity contribution in [2.75, 3.05) is 31.5 Å². The average Bonchev–Trinajstić information content (AvgIpc) is 3.12. The van der Waals surface area contributed by atoms with Gasteiger partial charge in [0, 0.05) is 43.4 Å². The van der Waals surface area contributed by atoms with Crippen LogP contribution in [-0.4, -0.2) is 57.7 Å². The molecule has 0 radical (unpaired) electrons. The molecule has 2 aliphatic heterocycles. The van der Waals surface area contributed by atoms with Crippen LogP contribution in [-0.2, 0) is 13.0 Å². The van der Waals surface area contributed by atoms with Crippen LogP contribution in [0.3, 0.4) is 0 Å². The monoisotopic (exact) mass is 387 g/mol. The van der Waals surface area contributed by atoms with Gasteiger partial charge in [-0.25, -0.2) is 4.79 Å². The number of rotatable bonds is 2. The summed E-state index contributed by atoms with van der Waals surface area (Å²) in [5.74, 6) is 0.0213. The van der Waals surface area contributed by atoms with Crippen molar-refractivity contribution in [1.29, 1.82) is 0 Å². The Balaban J connectivity index is 1.35. The lowest BCUT2D eigenvalue weighted by Gasteiger charge is -2.34. The molecule has 0 atom stereocenters. The van der Waals surface area contributed by atoms with Gasteiger partial charge < -0.3 is 15.1 Å². The van der Waals surface area contributed by atoms with Crippen molar-refractivity contribution in [3.05, 3.63) is 46.7 Å². The van der Waals surface area contributed by atoms with Crippen LogP contribution in [0.25, 0.3) is 0 Å². The molecule has 3 amide bonds. The van der Waals surface area contributed by atoms with Gasteiger partial charge in [-0.05, 0) is 37.5 Å². The first-order chi connectivity index (χ1) is 13.1. The Morgan fingerprint density at radius 1 is 1.04 bits per heavy atom. The van der Waals surface area contributed by atoms with Crippen LogP contribution in [0.1, 0.15) is 28.9 Å². The van der Waals surface area contributed by atoms with Gasteiger partial charge in [-0.1, -0.05) is 17.7 Å². The van der Waals surface area contributed by atoms with Crippen molar-refractivity contribution < 1.29 is 9.59 Å². The SMILES string of the molecule is O=C(Nc1cccc(Cl)c1)N1CCN(C(=O)c2cnn3c2CCCC3)CC1. The third-order valence-corrected chi connectivity index (χ3v) is 5.38. The second-order valence-electron chi connectivity index (χ2n) is 6.90. The molecule has 142 valence electrons. The standard InChI is InChI=1S/C19H22ClN5O2/c20-14-4-3-5-15(12-14)22-19(27)24-10-8-23(9-11-24)18(26)16-13-21-25-7-2-1-6-17(16)25/h3-5,12-13H,1-2,6-11H2,(H,22,27). The highest BCUT2D eigenvalue weighted by molar-refractivity contribution is 6.30. The Labute approximate surface area is 162 Å². The fourth-order valence-corrected chi connectivity index (χ4v) is 3.84. The summed E-state index contributed by atoms with van der Waals surface area (Å²) in [7, 11) is 0. The van der Waals surface area contributed by atoms with E-state index in [9.17, 15) is 9.59 Å². The number of aryl methyl sites for hydroxylation is 1. The maximum atomic E-state index is 12.9. The third-order valence-electron chi connectivity index (χ3n) is 5.14. The number of carbonyl (C=O) groups is 2. The van der Waals surface area contributed by atoms with Gasteiger partial charge in [0.2, 0.25) is 0 Å². The van der Waals surface area contributed by atoms with E-state index < -0.39 is 0 Å². The van der Waals surface area contributed by atoms with Crippen LogP contribution in [0, 0.1) is 0 Å². The number of nitrogens with one attached hydrogen (secondary N) is 1. The van der Waals surface area contributed by atoms with E-state index in [0.717, 1.165) is 31.5 Å². The molecule has 4 rings (SSSR count). The maximum absolute atomic E-state index is 12.9. The second-order valence-corrected chi connectivity index (χ2v) is 7.34. The summed E-state index contributed by atoms with van der Waals surface area (Å²) >= 11 is 5.95. The molecule has 8 heteroatoms. The number of anilines is 1. The van der Waals surface area contributed by atoms with E-state index in [-0.39, 0.29) is 11.9 Å². The molecule has 0 aliphatic carbocycles. The first-order valence-electron chi connectivity index (χ1n) is 9.27. The zero-order chi connectivity index (χ0) is 18.8. The topological polar surface area (TPSA) is 70.5 Å². The number of halogens is 1. The van der Waals surface area contributed by atoms with Crippen LogP contribution >= 0.6 is 11.6 Å². The predicted octanol–water partition coefficient (Wildman–Crippen LogP) is 2.86. The minimum absolute atomic E-state index is 0.0213. The summed E-state index contributed by atoms with van der Waals surface area (Å²) in [5.41, 5.74) is 2.43. The molecule has 1 aromatic carbocycles. The maximum Gasteiger partial charge on any atom is 0.321 e. The first kappa shape index (κ1) is 17.9. The summed E-state index contributed by atoms with van der Waals surface area (Å²) in [4.78, 5) is 28.8. The number of amides is 3. The lowest BCUT2D eigenvalue weighted by atomic mass is 10.1. The van der Waals surface area contributed by atoms with Crippen LogP contribution < -0.4 is 5.32 Å². The van der Waals surface area contributed by atoms with Crippen LogP contribution in [0.15, 0.2) is 30.5 Å². The molecule has 2 aromatic rings. The normalized spacial score (nSPS) is 16.8. The fraction of sp³-hybridized carbons (Fsp3) is 0.421. The largest absolute Gasteiger partial charge is 0.335 e. The van der Waals surface area contributed by atoms with Gasteiger partial charge in [0.25, 0.3) is 5.91 Å². The van der Waals surface area contributed by atoms with E-state index in [1.54, 1.807) is 35.4 Å². The van der Waals surface area contributed by atoms with E-state index in [1.165, 1.54) is 0 Å². The molecule has 1 saturated heterocycles. The lowest BCUT2D eigenvalue weighted by Crippen LogP contribution is -2.51. The Kier molecular flexibility index (Phi) is 5.03.